The van der Waals surface area contributed by atoms with Gasteiger partial charge in [-0.05, 0) is 85.5 Å². The number of unbranched alkanes of at least 4 members (excludes halogenated alkanes) is 1. The standard InChI is InChI=1S/C30H30O7/c1-4-18-35-36-20-7-6-19-32-26-12-14-27(15-13-26)33-22-34-29-17-16-28(21-23(29)3)37-30(31)25-10-8-24(5-2)9-11-25/h5,8-18,21H,1-2,6-7,19-20,22H2,3H3. The molecule has 0 heterocycles. The molecule has 0 saturated heterocycles. The molecule has 0 radical (unpaired) electrons. The molecule has 192 valence electrons. The van der Waals surface area contributed by atoms with E-state index in [2.05, 4.69) is 23.8 Å². The number of carbonyl (C=O) groups excluding carboxylic acids is 1. The van der Waals surface area contributed by atoms with Gasteiger partial charge >= 0.3 is 5.97 Å². The number of aryl methyl sites for hydroxylation is 1. The Morgan fingerprint density at radius 3 is 2.22 bits per heavy atom. The second kappa shape index (κ2) is 14.8. The molecule has 7 nitrogen and oxygen atoms in total. The van der Waals surface area contributed by atoms with E-state index < -0.39 is 5.97 Å². The van der Waals surface area contributed by atoms with Crippen LogP contribution in [0, 0.1) is 6.92 Å². The largest absolute Gasteiger partial charge is 0.494 e. The lowest BCUT2D eigenvalue weighted by Gasteiger charge is -2.12. The van der Waals surface area contributed by atoms with Crippen molar-refractivity contribution in [2.24, 2.45) is 0 Å². The molecular formula is C30H30O7. The molecule has 0 atom stereocenters. The first-order valence-corrected chi connectivity index (χ1v) is 11.8. The third-order valence-corrected chi connectivity index (χ3v) is 5.09. The fourth-order valence-corrected chi connectivity index (χ4v) is 3.13. The summed E-state index contributed by atoms with van der Waals surface area (Å²) >= 11 is 0. The van der Waals surface area contributed by atoms with Crippen molar-refractivity contribution in [1.29, 1.82) is 0 Å². The van der Waals surface area contributed by atoms with Gasteiger partial charge in [0.15, 0.2) is 6.26 Å². The van der Waals surface area contributed by atoms with E-state index in [1.54, 1.807) is 36.4 Å². The summed E-state index contributed by atoms with van der Waals surface area (Å²) < 4.78 is 22.6. The number of hydrogen-bond acceptors (Lipinski definition) is 7. The molecule has 0 aliphatic carbocycles. The third-order valence-electron chi connectivity index (χ3n) is 5.09. The molecule has 0 aliphatic heterocycles. The highest BCUT2D eigenvalue weighted by Crippen LogP contribution is 2.25. The average Bonchev–Trinajstić information content (AvgIpc) is 2.92. The van der Waals surface area contributed by atoms with Gasteiger partial charge in [0.05, 0.1) is 18.8 Å². The van der Waals surface area contributed by atoms with E-state index in [4.69, 9.17) is 23.8 Å². The van der Waals surface area contributed by atoms with Crippen molar-refractivity contribution in [3.05, 3.63) is 109 Å². The molecule has 0 bridgehead atoms. The normalized spacial score (nSPS) is 10.1. The number of rotatable bonds is 15. The summed E-state index contributed by atoms with van der Waals surface area (Å²) in [6, 6.07) is 19.5. The maximum atomic E-state index is 12.4. The van der Waals surface area contributed by atoms with Crippen LogP contribution in [0.4, 0.5) is 0 Å². The number of ether oxygens (including phenoxy) is 4. The summed E-state index contributed by atoms with van der Waals surface area (Å²) in [5.41, 5.74) is 4.66. The zero-order valence-electron chi connectivity index (χ0n) is 20.8. The first kappa shape index (κ1) is 27.1. The van der Waals surface area contributed by atoms with Crippen LogP contribution in [0.2, 0.25) is 0 Å². The van der Waals surface area contributed by atoms with E-state index in [0.717, 1.165) is 29.7 Å². The van der Waals surface area contributed by atoms with E-state index in [9.17, 15) is 4.79 Å². The van der Waals surface area contributed by atoms with E-state index >= 15 is 0 Å². The predicted octanol–water partition coefficient (Wildman–Crippen LogP) is 6.68. The number of esters is 1. The molecule has 0 N–H and O–H groups in total. The van der Waals surface area contributed by atoms with Crippen molar-refractivity contribution in [2.45, 2.75) is 19.8 Å². The second-order valence-corrected chi connectivity index (χ2v) is 7.82. The SMILES string of the molecule is C=C=COOCCCCOc1ccc(OCOc2ccc(OC(=O)c3ccc(C=C)cc3)cc2C)cc1. The molecule has 0 spiro atoms. The fourth-order valence-electron chi connectivity index (χ4n) is 3.13. The molecule has 0 amide bonds. The maximum absolute atomic E-state index is 12.4. The summed E-state index contributed by atoms with van der Waals surface area (Å²) in [7, 11) is 0. The number of hydrogen-bond donors (Lipinski definition) is 0. The quantitative estimate of drug-likeness (QED) is 0.0336. The first-order valence-electron chi connectivity index (χ1n) is 11.8. The van der Waals surface area contributed by atoms with Crippen molar-refractivity contribution >= 4 is 12.0 Å². The molecular weight excluding hydrogens is 472 g/mol. The summed E-state index contributed by atoms with van der Waals surface area (Å²) in [5.74, 6) is 2.03. The maximum Gasteiger partial charge on any atom is 0.343 e. The third kappa shape index (κ3) is 9.26. The van der Waals surface area contributed by atoms with Gasteiger partial charge in [-0.2, -0.15) is 4.89 Å². The topological polar surface area (TPSA) is 72.5 Å². The Labute approximate surface area is 217 Å². The van der Waals surface area contributed by atoms with Crippen molar-refractivity contribution in [1.82, 2.24) is 0 Å². The van der Waals surface area contributed by atoms with Crippen LogP contribution in [0.3, 0.4) is 0 Å². The minimum absolute atomic E-state index is 0.0267. The Bertz CT molecular complexity index is 1190. The first-order chi connectivity index (χ1) is 18.1. The summed E-state index contributed by atoms with van der Waals surface area (Å²) in [6.45, 7) is 10.00. The van der Waals surface area contributed by atoms with Crippen molar-refractivity contribution in [2.75, 3.05) is 20.0 Å². The highest BCUT2D eigenvalue weighted by Gasteiger charge is 2.10. The van der Waals surface area contributed by atoms with E-state index in [-0.39, 0.29) is 6.79 Å². The fraction of sp³-hybridized carbons (Fsp3) is 0.200. The lowest BCUT2D eigenvalue weighted by atomic mass is 10.1. The van der Waals surface area contributed by atoms with Gasteiger partial charge in [0, 0.05) is 0 Å². The predicted molar refractivity (Wildman–Crippen MR) is 141 cm³/mol. The van der Waals surface area contributed by atoms with Gasteiger partial charge in [-0.1, -0.05) is 37.1 Å². The van der Waals surface area contributed by atoms with Crippen LogP contribution in [0.15, 0.2) is 91.9 Å². The Kier molecular flexibility index (Phi) is 10.9. The van der Waals surface area contributed by atoms with Gasteiger partial charge < -0.3 is 23.8 Å². The monoisotopic (exact) mass is 502 g/mol. The van der Waals surface area contributed by atoms with Crippen LogP contribution in [0.1, 0.15) is 34.3 Å². The van der Waals surface area contributed by atoms with Crippen LogP contribution >= 0.6 is 0 Å². The molecule has 3 aromatic rings. The van der Waals surface area contributed by atoms with Crippen LogP contribution in [-0.4, -0.2) is 26.0 Å². The average molecular weight is 503 g/mol. The van der Waals surface area contributed by atoms with Gasteiger partial charge in [0.2, 0.25) is 6.79 Å². The number of carbonyl (C=O) groups is 1. The molecule has 0 aromatic heterocycles. The lowest BCUT2D eigenvalue weighted by molar-refractivity contribution is -0.249. The molecule has 0 fully saturated rings. The van der Waals surface area contributed by atoms with Gasteiger partial charge in [0.25, 0.3) is 0 Å². The number of benzene rings is 3. The molecule has 7 heteroatoms. The highest BCUT2D eigenvalue weighted by molar-refractivity contribution is 5.91. The molecule has 0 unspecified atom stereocenters. The molecule has 0 aliphatic rings. The zero-order chi connectivity index (χ0) is 26.3. The van der Waals surface area contributed by atoms with Crippen molar-refractivity contribution < 1.29 is 33.5 Å². The minimum Gasteiger partial charge on any atom is -0.494 e. The van der Waals surface area contributed by atoms with E-state index in [1.165, 1.54) is 6.26 Å². The smallest absolute Gasteiger partial charge is 0.343 e. The molecule has 3 aromatic carbocycles. The summed E-state index contributed by atoms with van der Waals surface area (Å²) in [4.78, 5) is 22.0. The van der Waals surface area contributed by atoms with Gasteiger partial charge in [-0.25, -0.2) is 4.79 Å². The van der Waals surface area contributed by atoms with Crippen molar-refractivity contribution in [3.8, 4) is 23.0 Å². The van der Waals surface area contributed by atoms with E-state index in [0.29, 0.717) is 36.0 Å². The van der Waals surface area contributed by atoms with Gasteiger partial charge in [-0.15, -0.1) is 0 Å². The van der Waals surface area contributed by atoms with Crippen LogP contribution < -0.4 is 18.9 Å². The van der Waals surface area contributed by atoms with Crippen LogP contribution in [0.5, 0.6) is 23.0 Å². The van der Waals surface area contributed by atoms with Gasteiger partial charge in [-0.3, -0.25) is 0 Å². The van der Waals surface area contributed by atoms with Gasteiger partial charge in [0.1, 0.15) is 23.0 Å². The summed E-state index contributed by atoms with van der Waals surface area (Å²) in [6.07, 6.45) is 4.60. The zero-order valence-corrected chi connectivity index (χ0v) is 20.8. The molecule has 3 rings (SSSR count). The second-order valence-electron chi connectivity index (χ2n) is 7.82. The highest BCUT2D eigenvalue weighted by atomic mass is 17.2. The molecule has 37 heavy (non-hydrogen) atoms. The Balaban J connectivity index is 1.38. The Morgan fingerprint density at radius 1 is 0.865 bits per heavy atom. The lowest BCUT2D eigenvalue weighted by Crippen LogP contribution is -2.09. The molecule has 0 saturated carbocycles. The summed E-state index contributed by atoms with van der Waals surface area (Å²) in [5, 5.41) is 0. The van der Waals surface area contributed by atoms with Crippen molar-refractivity contribution in [3.63, 3.8) is 0 Å². The van der Waals surface area contributed by atoms with Crippen LogP contribution in [0.25, 0.3) is 6.08 Å². The minimum atomic E-state index is -0.431. The Morgan fingerprint density at radius 2 is 1.54 bits per heavy atom. The Hall–Kier alpha value is -4.45. The van der Waals surface area contributed by atoms with E-state index in [1.807, 2.05) is 43.3 Å². The van der Waals surface area contributed by atoms with Crippen LogP contribution in [-0.2, 0) is 9.78 Å².